The molecule has 0 aliphatic carbocycles. The summed E-state index contributed by atoms with van der Waals surface area (Å²) in [6, 6.07) is 20.2. The maximum absolute atomic E-state index is 13.5. The van der Waals surface area contributed by atoms with Gasteiger partial charge < -0.3 is 14.5 Å². The second-order valence-corrected chi connectivity index (χ2v) is 8.23. The van der Waals surface area contributed by atoms with Crippen LogP contribution in [0.3, 0.4) is 0 Å². The molecule has 0 radical (unpaired) electrons. The first-order chi connectivity index (χ1) is 14.2. The van der Waals surface area contributed by atoms with E-state index in [1.54, 1.807) is 0 Å². The van der Waals surface area contributed by atoms with Crippen LogP contribution in [0.5, 0.6) is 0 Å². The fourth-order valence-electron chi connectivity index (χ4n) is 5.34. The first kappa shape index (κ1) is 18.4. The number of hydrogen-bond acceptors (Lipinski definition) is 3. The summed E-state index contributed by atoms with van der Waals surface area (Å²) in [4.78, 5) is 29.8. The van der Waals surface area contributed by atoms with Crippen molar-refractivity contribution in [3.63, 3.8) is 0 Å². The summed E-state index contributed by atoms with van der Waals surface area (Å²) in [5.41, 5.74) is 1.69. The summed E-state index contributed by atoms with van der Waals surface area (Å²) in [5, 5.41) is 0. The van der Waals surface area contributed by atoms with Crippen LogP contribution in [0, 0.1) is 0 Å². The Morgan fingerprint density at radius 1 is 1.03 bits per heavy atom. The van der Waals surface area contributed by atoms with Gasteiger partial charge in [-0.05, 0) is 17.5 Å². The first-order valence-electron chi connectivity index (χ1n) is 10.5. The van der Waals surface area contributed by atoms with Gasteiger partial charge in [-0.2, -0.15) is 0 Å². The van der Waals surface area contributed by atoms with Gasteiger partial charge in [0.15, 0.2) is 5.72 Å². The lowest BCUT2D eigenvalue weighted by Gasteiger charge is -2.42. The number of benzene rings is 2. The van der Waals surface area contributed by atoms with Gasteiger partial charge in [0.25, 0.3) is 0 Å². The van der Waals surface area contributed by atoms with Crippen molar-refractivity contribution < 1.29 is 14.3 Å². The Hall–Kier alpha value is -2.66. The minimum atomic E-state index is -0.583. The van der Waals surface area contributed by atoms with E-state index in [2.05, 4.69) is 24.3 Å². The average Bonchev–Trinajstić information content (AvgIpc) is 3.25. The molecule has 3 fully saturated rings. The summed E-state index contributed by atoms with van der Waals surface area (Å²) in [6.07, 6.45) is 2.37. The van der Waals surface area contributed by atoms with E-state index in [0.717, 1.165) is 30.5 Å². The molecule has 3 heterocycles. The van der Waals surface area contributed by atoms with E-state index >= 15 is 0 Å². The third-order valence-electron chi connectivity index (χ3n) is 6.71. The van der Waals surface area contributed by atoms with Gasteiger partial charge >= 0.3 is 0 Å². The fraction of sp³-hybridized carbons (Fsp3) is 0.417. The van der Waals surface area contributed by atoms with E-state index in [4.69, 9.17) is 4.74 Å². The van der Waals surface area contributed by atoms with Crippen LogP contribution in [0.15, 0.2) is 60.7 Å². The van der Waals surface area contributed by atoms with Crippen LogP contribution >= 0.6 is 0 Å². The summed E-state index contributed by atoms with van der Waals surface area (Å²) >= 11 is 0. The van der Waals surface area contributed by atoms with Crippen molar-refractivity contribution in [1.29, 1.82) is 0 Å². The summed E-state index contributed by atoms with van der Waals surface area (Å²) < 4.78 is 6.15. The highest BCUT2D eigenvalue weighted by atomic mass is 16.5. The van der Waals surface area contributed by atoms with Crippen molar-refractivity contribution >= 4 is 11.8 Å². The van der Waals surface area contributed by atoms with Gasteiger partial charge in [-0.25, -0.2) is 0 Å². The van der Waals surface area contributed by atoms with Crippen molar-refractivity contribution in [2.45, 2.75) is 43.4 Å². The Balaban J connectivity index is 1.41. The maximum Gasteiger partial charge on any atom is 0.227 e. The number of ether oxygens (including phenoxy) is 1. The van der Waals surface area contributed by atoms with Crippen molar-refractivity contribution in [1.82, 2.24) is 9.80 Å². The Morgan fingerprint density at radius 2 is 1.69 bits per heavy atom. The molecule has 0 N–H and O–H groups in total. The molecule has 3 aliphatic heterocycles. The molecule has 5 rings (SSSR count). The van der Waals surface area contributed by atoms with Gasteiger partial charge in [-0.15, -0.1) is 0 Å². The second kappa shape index (κ2) is 7.30. The summed E-state index contributed by atoms with van der Waals surface area (Å²) in [5.74, 6) is 0.227. The monoisotopic (exact) mass is 390 g/mol. The number of rotatable bonds is 4. The van der Waals surface area contributed by atoms with Crippen molar-refractivity contribution in [3.8, 4) is 0 Å². The highest BCUT2D eigenvalue weighted by molar-refractivity contribution is 5.85. The van der Waals surface area contributed by atoms with Gasteiger partial charge in [0.05, 0.1) is 19.1 Å². The highest BCUT2D eigenvalue weighted by Gasteiger charge is 2.61. The molecule has 2 amide bonds. The van der Waals surface area contributed by atoms with Crippen LogP contribution < -0.4 is 0 Å². The first-order valence-corrected chi connectivity index (χ1v) is 10.5. The largest absolute Gasteiger partial charge is 0.353 e. The number of carbonyl (C=O) groups excluding carboxylic acids is 2. The van der Waals surface area contributed by atoms with Gasteiger partial charge in [-0.1, -0.05) is 60.7 Å². The molecule has 5 nitrogen and oxygen atoms in total. The molecule has 5 heteroatoms. The molecule has 3 saturated heterocycles. The third-order valence-corrected chi connectivity index (χ3v) is 6.71. The zero-order chi connectivity index (χ0) is 19.8. The van der Waals surface area contributed by atoms with Gasteiger partial charge in [0, 0.05) is 31.8 Å². The van der Waals surface area contributed by atoms with Crippen LogP contribution in [-0.4, -0.2) is 53.1 Å². The molecule has 0 unspecified atom stereocenters. The van der Waals surface area contributed by atoms with Crippen LogP contribution in [0.2, 0.25) is 0 Å². The van der Waals surface area contributed by atoms with Crippen LogP contribution in [0.25, 0.3) is 0 Å². The summed E-state index contributed by atoms with van der Waals surface area (Å²) in [6.45, 7) is 2.07. The van der Waals surface area contributed by atoms with Crippen molar-refractivity contribution in [2.75, 3.05) is 19.7 Å². The Morgan fingerprint density at radius 3 is 2.34 bits per heavy atom. The average molecular weight is 390 g/mol. The molecular weight excluding hydrogens is 364 g/mol. The SMILES string of the molecule is O=C(CC(c1ccccc1)c1ccccc1)N1CC[C@@]23OCCCN2C(=O)C[C@@H]13. The normalized spacial score (nSPS) is 26.0. The van der Waals surface area contributed by atoms with E-state index in [1.807, 2.05) is 46.2 Å². The Bertz CT molecular complexity index is 861. The summed E-state index contributed by atoms with van der Waals surface area (Å²) in [7, 11) is 0. The molecule has 3 aliphatic rings. The second-order valence-electron chi connectivity index (χ2n) is 8.23. The number of hydrogen-bond donors (Lipinski definition) is 0. The van der Waals surface area contributed by atoms with E-state index in [0.29, 0.717) is 26.0 Å². The standard InChI is InChI=1S/C24H26N2O3/c27-22(16-20(18-8-3-1-4-9-18)19-10-5-2-6-11-19)25-14-12-24-21(25)17-23(28)26(24)13-7-15-29-24/h1-6,8-11,20-21H,7,12-17H2/t21-,24+/m1/s1. The molecule has 0 bridgehead atoms. The van der Waals surface area contributed by atoms with Gasteiger partial charge in [-0.3, -0.25) is 9.59 Å². The quantitative estimate of drug-likeness (QED) is 0.806. The number of nitrogens with zero attached hydrogens (tertiary/aromatic N) is 2. The molecule has 2 aromatic carbocycles. The molecule has 1 spiro atoms. The zero-order valence-electron chi connectivity index (χ0n) is 16.5. The van der Waals surface area contributed by atoms with E-state index < -0.39 is 5.72 Å². The zero-order valence-corrected chi connectivity index (χ0v) is 16.5. The lowest BCUT2D eigenvalue weighted by atomic mass is 9.88. The molecular formula is C24H26N2O3. The van der Waals surface area contributed by atoms with E-state index in [1.165, 1.54) is 0 Å². The minimum absolute atomic E-state index is 0.00179. The van der Waals surface area contributed by atoms with Crippen molar-refractivity contribution in [2.24, 2.45) is 0 Å². The van der Waals surface area contributed by atoms with Crippen LogP contribution in [-0.2, 0) is 14.3 Å². The van der Waals surface area contributed by atoms with Crippen LogP contribution in [0.1, 0.15) is 42.7 Å². The molecule has 2 aromatic rings. The fourth-order valence-corrected chi connectivity index (χ4v) is 5.34. The Kier molecular flexibility index (Phi) is 4.63. The van der Waals surface area contributed by atoms with Gasteiger partial charge in [0.2, 0.25) is 11.8 Å². The van der Waals surface area contributed by atoms with E-state index in [9.17, 15) is 9.59 Å². The Labute approximate surface area is 171 Å². The van der Waals surface area contributed by atoms with Crippen LogP contribution in [0.4, 0.5) is 0 Å². The number of likely N-dealkylation sites (tertiary alicyclic amines) is 1. The topological polar surface area (TPSA) is 49.9 Å². The van der Waals surface area contributed by atoms with Crippen molar-refractivity contribution in [3.05, 3.63) is 71.8 Å². The minimum Gasteiger partial charge on any atom is -0.353 e. The molecule has 150 valence electrons. The third kappa shape index (κ3) is 3.04. The number of carbonyl (C=O) groups is 2. The predicted octanol–water partition coefficient (Wildman–Crippen LogP) is 3.16. The maximum atomic E-state index is 13.5. The van der Waals surface area contributed by atoms with E-state index in [-0.39, 0.29) is 23.8 Å². The molecule has 29 heavy (non-hydrogen) atoms. The van der Waals surface area contributed by atoms with Gasteiger partial charge in [0.1, 0.15) is 0 Å². The molecule has 0 aromatic heterocycles. The molecule has 2 atom stereocenters. The number of amides is 2. The predicted molar refractivity (Wildman–Crippen MR) is 109 cm³/mol. The molecule has 0 saturated carbocycles. The smallest absolute Gasteiger partial charge is 0.227 e. The lowest BCUT2D eigenvalue weighted by Crippen LogP contribution is -2.56. The lowest BCUT2D eigenvalue weighted by molar-refractivity contribution is -0.181. The highest BCUT2D eigenvalue weighted by Crippen LogP contribution is 2.45.